The lowest BCUT2D eigenvalue weighted by molar-refractivity contribution is -0.141. The highest BCUT2D eigenvalue weighted by atomic mass is 16.5. The minimum atomic E-state index is -0.711. The van der Waals surface area contributed by atoms with Gasteiger partial charge in [0, 0.05) is 18.2 Å². The Balaban J connectivity index is 1.90. The fraction of sp³-hybridized carbons (Fsp3) is 0.562. The number of benzene rings is 1. The van der Waals surface area contributed by atoms with Gasteiger partial charge >= 0.3 is 5.97 Å². The number of carboxylic acid groups (broad SMARTS) is 1. The van der Waals surface area contributed by atoms with Crippen LogP contribution in [0.5, 0.6) is 5.75 Å². The lowest BCUT2D eigenvalue weighted by Gasteiger charge is -2.22. The van der Waals surface area contributed by atoms with Crippen LogP contribution in [0.25, 0.3) is 0 Å². The van der Waals surface area contributed by atoms with Crippen LogP contribution >= 0.6 is 0 Å². The monoisotopic (exact) mass is 275 g/mol. The maximum Gasteiger partial charge on any atom is 0.307 e. The molecule has 3 rings (SSSR count). The summed E-state index contributed by atoms with van der Waals surface area (Å²) in [4.78, 5) is 11.1. The topological polar surface area (TPSA) is 58.6 Å². The lowest BCUT2D eigenvalue weighted by atomic mass is 9.88. The molecular weight excluding hydrogens is 254 g/mol. The molecule has 1 heterocycles. The highest BCUT2D eigenvalue weighted by Gasteiger charge is 2.32. The highest BCUT2D eigenvalue weighted by molar-refractivity contribution is 5.71. The Bertz CT molecular complexity index is 527. The van der Waals surface area contributed by atoms with Gasteiger partial charge in [-0.05, 0) is 49.3 Å². The second-order valence-corrected chi connectivity index (χ2v) is 5.80. The minimum Gasteiger partial charge on any atom is -0.496 e. The number of carboxylic acids is 1. The number of carbonyl (C=O) groups is 1. The molecule has 2 unspecified atom stereocenters. The van der Waals surface area contributed by atoms with E-state index in [0.29, 0.717) is 13.0 Å². The third-order valence-corrected chi connectivity index (χ3v) is 4.55. The predicted octanol–water partition coefficient (Wildman–Crippen LogP) is 2.31. The van der Waals surface area contributed by atoms with Crippen molar-refractivity contribution in [3.05, 3.63) is 28.8 Å². The van der Waals surface area contributed by atoms with Crippen molar-refractivity contribution in [2.24, 2.45) is 5.92 Å². The van der Waals surface area contributed by atoms with Crippen molar-refractivity contribution in [1.82, 2.24) is 5.32 Å². The van der Waals surface area contributed by atoms with Gasteiger partial charge in [-0.1, -0.05) is 6.07 Å². The Morgan fingerprint density at radius 3 is 2.60 bits per heavy atom. The van der Waals surface area contributed by atoms with E-state index < -0.39 is 5.97 Å². The van der Waals surface area contributed by atoms with E-state index in [4.69, 9.17) is 9.84 Å². The number of ether oxygens (including phenoxy) is 1. The standard InChI is InChI=1S/C16H21NO3/c1-20-15-8-11-5-3-2-4-10(11)6-13(15)14-7-12(9-17-14)16(18)19/h6,8,12,14,17H,2-5,7,9H2,1H3,(H,18,19). The number of aryl methyl sites for hydroxylation is 2. The summed E-state index contributed by atoms with van der Waals surface area (Å²) >= 11 is 0. The molecule has 4 heteroatoms. The molecule has 1 aromatic rings. The van der Waals surface area contributed by atoms with E-state index >= 15 is 0 Å². The molecular formula is C16H21NO3. The summed E-state index contributed by atoms with van der Waals surface area (Å²) < 4.78 is 5.53. The molecule has 0 radical (unpaired) electrons. The van der Waals surface area contributed by atoms with E-state index in [-0.39, 0.29) is 12.0 Å². The number of nitrogens with one attached hydrogen (secondary N) is 1. The van der Waals surface area contributed by atoms with Crippen LogP contribution in [-0.2, 0) is 17.6 Å². The van der Waals surface area contributed by atoms with Gasteiger partial charge in [0.15, 0.2) is 0 Å². The van der Waals surface area contributed by atoms with Crippen LogP contribution in [-0.4, -0.2) is 24.7 Å². The number of hydrogen-bond acceptors (Lipinski definition) is 3. The molecule has 1 aliphatic carbocycles. The Labute approximate surface area is 119 Å². The van der Waals surface area contributed by atoms with Gasteiger partial charge < -0.3 is 15.2 Å². The van der Waals surface area contributed by atoms with Crippen LogP contribution in [0.4, 0.5) is 0 Å². The van der Waals surface area contributed by atoms with Crippen molar-refractivity contribution in [2.45, 2.75) is 38.1 Å². The van der Waals surface area contributed by atoms with Crippen LogP contribution in [0.1, 0.15) is 42.0 Å². The normalized spacial score (nSPS) is 25.2. The van der Waals surface area contributed by atoms with Crippen LogP contribution in [0, 0.1) is 5.92 Å². The molecule has 1 saturated heterocycles. The molecule has 0 aromatic heterocycles. The maximum atomic E-state index is 11.1. The third-order valence-electron chi connectivity index (χ3n) is 4.55. The summed E-state index contributed by atoms with van der Waals surface area (Å²) in [5, 5.41) is 12.5. The number of methoxy groups -OCH3 is 1. The second-order valence-electron chi connectivity index (χ2n) is 5.80. The zero-order valence-electron chi connectivity index (χ0n) is 11.8. The van der Waals surface area contributed by atoms with Gasteiger partial charge in [0.1, 0.15) is 5.75 Å². The number of fused-ring (bicyclic) bond motifs is 1. The molecule has 0 spiro atoms. The molecule has 20 heavy (non-hydrogen) atoms. The van der Waals surface area contributed by atoms with Gasteiger partial charge in [-0.3, -0.25) is 4.79 Å². The van der Waals surface area contributed by atoms with Gasteiger partial charge in [0.2, 0.25) is 0 Å². The SMILES string of the molecule is COc1cc2c(cc1C1CC(C(=O)O)CN1)CCCC2. The number of aliphatic carboxylic acids is 1. The summed E-state index contributed by atoms with van der Waals surface area (Å²) in [6.07, 6.45) is 5.39. The van der Waals surface area contributed by atoms with Crippen LogP contribution < -0.4 is 10.1 Å². The summed E-state index contributed by atoms with van der Waals surface area (Å²) in [6.45, 7) is 0.542. The smallest absolute Gasteiger partial charge is 0.307 e. The number of rotatable bonds is 3. The lowest BCUT2D eigenvalue weighted by Crippen LogP contribution is -2.18. The molecule has 1 fully saturated rings. The largest absolute Gasteiger partial charge is 0.496 e. The Morgan fingerprint density at radius 2 is 2.00 bits per heavy atom. The summed E-state index contributed by atoms with van der Waals surface area (Å²) in [6, 6.07) is 4.48. The van der Waals surface area contributed by atoms with Crippen molar-refractivity contribution in [3.63, 3.8) is 0 Å². The second kappa shape index (κ2) is 5.44. The first-order valence-electron chi connectivity index (χ1n) is 7.35. The molecule has 4 nitrogen and oxygen atoms in total. The Kier molecular flexibility index (Phi) is 3.66. The van der Waals surface area contributed by atoms with E-state index in [9.17, 15) is 4.79 Å². The van der Waals surface area contributed by atoms with Crippen molar-refractivity contribution in [1.29, 1.82) is 0 Å². The zero-order chi connectivity index (χ0) is 14.1. The van der Waals surface area contributed by atoms with E-state index in [2.05, 4.69) is 17.4 Å². The van der Waals surface area contributed by atoms with Crippen molar-refractivity contribution >= 4 is 5.97 Å². The predicted molar refractivity (Wildman–Crippen MR) is 76.1 cm³/mol. The van der Waals surface area contributed by atoms with Gasteiger partial charge in [-0.15, -0.1) is 0 Å². The molecule has 2 aliphatic rings. The van der Waals surface area contributed by atoms with Crippen molar-refractivity contribution < 1.29 is 14.6 Å². The summed E-state index contributed by atoms with van der Waals surface area (Å²) in [5.41, 5.74) is 3.93. The average molecular weight is 275 g/mol. The zero-order valence-corrected chi connectivity index (χ0v) is 11.8. The minimum absolute atomic E-state index is 0.0956. The van der Waals surface area contributed by atoms with Gasteiger partial charge in [0.25, 0.3) is 0 Å². The quantitative estimate of drug-likeness (QED) is 0.888. The molecule has 108 valence electrons. The maximum absolute atomic E-state index is 11.1. The Morgan fingerprint density at radius 1 is 1.30 bits per heavy atom. The van der Waals surface area contributed by atoms with Crippen LogP contribution in [0.15, 0.2) is 12.1 Å². The van der Waals surface area contributed by atoms with Gasteiger partial charge in [-0.2, -0.15) is 0 Å². The Hall–Kier alpha value is -1.55. The first-order chi connectivity index (χ1) is 9.69. The van der Waals surface area contributed by atoms with Crippen molar-refractivity contribution in [2.75, 3.05) is 13.7 Å². The van der Waals surface area contributed by atoms with Crippen LogP contribution in [0.3, 0.4) is 0 Å². The van der Waals surface area contributed by atoms with E-state index in [1.54, 1.807) is 7.11 Å². The molecule has 0 amide bonds. The first-order valence-corrected chi connectivity index (χ1v) is 7.35. The van der Waals surface area contributed by atoms with Gasteiger partial charge in [0.05, 0.1) is 13.0 Å². The van der Waals surface area contributed by atoms with E-state index in [0.717, 1.165) is 24.2 Å². The van der Waals surface area contributed by atoms with Gasteiger partial charge in [-0.25, -0.2) is 0 Å². The molecule has 1 aromatic carbocycles. The molecule has 1 aliphatic heterocycles. The summed E-state index contributed by atoms with van der Waals surface area (Å²) in [7, 11) is 1.69. The average Bonchev–Trinajstić information content (AvgIpc) is 2.95. The molecule has 2 atom stereocenters. The molecule has 0 saturated carbocycles. The number of hydrogen-bond donors (Lipinski definition) is 2. The fourth-order valence-corrected chi connectivity index (χ4v) is 3.39. The molecule has 2 N–H and O–H groups in total. The third kappa shape index (κ3) is 2.40. The summed E-state index contributed by atoms with van der Waals surface area (Å²) in [5.74, 6) is -0.105. The van der Waals surface area contributed by atoms with Crippen molar-refractivity contribution in [3.8, 4) is 5.75 Å². The fourth-order valence-electron chi connectivity index (χ4n) is 3.39. The molecule has 0 bridgehead atoms. The highest BCUT2D eigenvalue weighted by Crippen LogP contribution is 2.37. The first kappa shape index (κ1) is 13.4. The van der Waals surface area contributed by atoms with Crippen LogP contribution in [0.2, 0.25) is 0 Å². The van der Waals surface area contributed by atoms with E-state index in [1.807, 2.05) is 0 Å². The van der Waals surface area contributed by atoms with E-state index in [1.165, 1.54) is 24.0 Å².